The third-order valence-electron chi connectivity index (χ3n) is 4.98. The summed E-state index contributed by atoms with van der Waals surface area (Å²) >= 11 is 0. The first-order valence-electron chi connectivity index (χ1n) is 11.6. The van der Waals surface area contributed by atoms with E-state index in [9.17, 15) is 17.6 Å². The van der Waals surface area contributed by atoms with Gasteiger partial charge < -0.3 is 9.97 Å². The molecule has 0 atom stereocenters. The van der Waals surface area contributed by atoms with Crippen molar-refractivity contribution in [2.45, 2.75) is 0 Å². The fourth-order valence-electron chi connectivity index (χ4n) is 3.19. The molecule has 11 heteroatoms. The standard InChI is InChI=1S/2C11H6F2N.C8H6N4.Ir/c2*12-8-4-5-9(10(13)7-8)11-3-1-2-6-14-11;1-2-4-9-7(3-1)8-5-11-12-6-10-8;/h2*1-4,6-7H;1-6H;/q2*-1;;. The monoisotopic (exact) mass is 731 g/mol. The second-order valence-corrected chi connectivity index (χ2v) is 7.72. The van der Waals surface area contributed by atoms with Crippen molar-refractivity contribution in [1.29, 1.82) is 0 Å². The molecule has 4 aromatic heterocycles. The zero-order valence-electron chi connectivity index (χ0n) is 20.9. The molecule has 0 saturated carbocycles. The second-order valence-electron chi connectivity index (χ2n) is 7.72. The summed E-state index contributed by atoms with van der Waals surface area (Å²) in [6, 6.07) is 24.7. The van der Waals surface area contributed by atoms with E-state index >= 15 is 0 Å². The van der Waals surface area contributed by atoms with Gasteiger partial charge in [0.15, 0.2) is 0 Å². The molecule has 0 spiro atoms. The predicted molar refractivity (Wildman–Crippen MR) is 140 cm³/mol. The molecule has 1 radical (unpaired) electrons. The number of hydrogen-bond acceptors (Lipinski definition) is 6. The van der Waals surface area contributed by atoms with Gasteiger partial charge in [-0.3, -0.25) is 22.5 Å². The Kier molecular flexibility index (Phi) is 11.8. The molecule has 0 bridgehead atoms. The number of hydrogen-bond donors (Lipinski definition) is 0. The van der Waals surface area contributed by atoms with Crippen molar-refractivity contribution in [2.75, 3.05) is 0 Å². The normalized spacial score (nSPS) is 9.76. The smallest absolute Gasteiger partial charge is 0.138 e. The van der Waals surface area contributed by atoms with Crippen LogP contribution in [0.1, 0.15) is 0 Å². The zero-order chi connectivity index (χ0) is 28.2. The molecule has 0 unspecified atom stereocenters. The molecule has 0 N–H and O–H groups in total. The fourth-order valence-corrected chi connectivity index (χ4v) is 3.19. The van der Waals surface area contributed by atoms with Crippen LogP contribution in [0.25, 0.3) is 33.9 Å². The van der Waals surface area contributed by atoms with Gasteiger partial charge in [0.05, 0.1) is 11.9 Å². The van der Waals surface area contributed by atoms with Gasteiger partial charge in [0.2, 0.25) is 0 Å². The Morgan fingerprint density at radius 2 is 0.976 bits per heavy atom. The molecule has 0 fully saturated rings. The number of benzene rings is 2. The Labute approximate surface area is 246 Å². The summed E-state index contributed by atoms with van der Waals surface area (Å²) in [6.07, 6.45) is 7.81. The van der Waals surface area contributed by atoms with E-state index in [1.807, 2.05) is 18.2 Å². The maximum absolute atomic E-state index is 13.2. The van der Waals surface area contributed by atoms with Crippen molar-refractivity contribution >= 4 is 0 Å². The summed E-state index contributed by atoms with van der Waals surface area (Å²) < 4.78 is 51.6. The van der Waals surface area contributed by atoms with Crippen LogP contribution in [0.2, 0.25) is 0 Å². The Hall–Kier alpha value is -4.73. The molecular formula is C30H18F4IrN6-2. The van der Waals surface area contributed by atoms with Gasteiger partial charge in [-0.2, -0.15) is 5.10 Å². The van der Waals surface area contributed by atoms with Crippen LogP contribution >= 0.6 is 0 Å². The van der Waals surface area contributed by atoms with Crippen LogP contribution in [-0.2, 0) is 20.1 Å². The van der Waals surface area contributed by atoms with E-state index in [0.717, 1.165) is 35.7 Å². The summed E-state index contributed by atoms with van der Waals surface area (Å²) in [7, 11) is 0. The van der Waals surface area contributed by atoms with Crippen LogP contribution in [0.3, 0.4) is 0 Å². The average Bonchev–Trinajstić information content (AvgIpc) is 3.00. The zero-order valence-corrected chi connectivity index (χ0v) is 23.3. The van der Waals surface area contributed by atoms with Crippen LogP contribution < -0.4 is 0 Å². The Morgan fingerprint density at radius 3 is 1.34 bits per heavy atom. The molecule has 0 amide bonds. The molecule has 6 aromatic rings. The largest absolute Gasteiger partial charge is 0.305 e. The molecule has 0 saturated heterocycles. The van der Waals surface area contributed by atoms with E-state index in [-0.39, 0.29) is 31.2 Å². The topological polar surface area (TPSA) is 77.3 Å². The minimum atomic E-state index is -0.649. The third kappa shape index (κ3) is 9.16. The first kappa shape index (κ1) is 30.8. The first-order valence-corrected chi connectivity index (χ1v) is 11.6. The SMILES string of the molecule is Fc1c[c-]c(-c2ccccn2)c(F)c1.Fc1c[c-]c(-c2ccccn2)c(F)c1.[Ir].c1ccc(-c2cnncn2)nc1. The number of nitrogens with zero attached hydrogens (tertiary/aromatic N) is 6. The van der Waals surface area contributed by atoms with Gasteiger partial charge in [0.1, 0.15) is 12.0 Å². The summed E-state index contributed by atoms with van der Waals surface area (Å²) in [5.41, 5.74) is 2.83. The van der Waals surface area contributed by atoms with Crippen molar-refractivity contribution in [2.24, 2.45) is 0 Å². The minimum absolute atomic E-state index is 0. The summed E-state index contributed by atoms with van der Waals surface area (Å²) in [5.74, 6) is -2.57. The van der Waals surface area contributed by atoms with Gasteiger partial charge >= 0.3 is 0 Å². The van der Waals surface area contributed by atoms with E-state index in [1.54, 1.807) is 61.2 Å². The molecule has 41 heavy (non-hydrogen) atoms. The molecule has 6 nitrogen and oxygen atoms in total. The van der Waals surface area contributed by atoms with Gasteiger partial charge in [-0.1, -0.05) is 53.6 Å². The summed E-state index contributed by atoms with van der Waals surface area (Å²) in [4.78, 5) is 16.0. The number of pyridine rings is 3. The maximum atomic E-state index is 13.2. The molecular weight excluding hydrogens is 713 g/mol. The molecule has 0 aliphatic rings. The van der Waals surface area contributed by atoms with Gasteiger partial charge in [-0.25, -0.2) is 4.98 Å². The van der Waals surface area contributed by atoms with Crippen molar-refractivity contribution < 1.29 is 37.7 Å². The molecule has 4 heterocycles. The predicted octanol–water partition coefficient (Wildman–Crippen LogP) is 6.59. The Bertz CT molecular complexity index is 1510. The molecule has 0 aliphatic carbocycles. The molecule has 6 rings (SSSR count). The third-order valence-corrected chi connectivity index (χ3v) is 4.98. The van der Waals surface area contributed by atoms with E-state index in [0.29, 0.717) is 11.4 Å². The van der Waals surface area contributed by atoms with Gasteiger partial charge in [0, 0.05) is 62.0 Å². The van der Waals surface area contributed by atoms with Crippen molar-refractivity contribution in [3.05, 3.63) is 145 Å². The number of halogens is 4. The first-order chi connectivity index (χ1) is 19.5. The summed E-state index contributed by atoms with van der Waals surface area (Å²) in [6.45, 7) is 0. The quantitative estimate of drug-likeness (QED) is 0.151. The average molecular weight is 731 g/mol. The number of aromatic nitrogens is 6. The fraction of sp³-hybridized carbons (Fsp3) is 0. The molecule has 207 valence electrons. The van der Waals surface area contributed by atoms with Crippen molar-refractivity contribution in [3.63, 3.8) is 0 Å². The van der Waals surface area contributed by atoms with Gasteiger partial charge in [0.25, 0.3) is 0 Å². The van der Waals surface area contributed by atoms with E-state index in [1.165, 1.54) is 6.33 Å². The van der Waals surface area contributed by atoms with Crippen LogP contribution in [0.4, 0.5) is 17.6 Å². The van der Waals surface area contributed by atoms with E-state index in [4.69, 9.17) is 0 Å². The minimum Gasteiger partial charge on any atom is -0.305 e. The van der Waals surface area contributed by atoms with Gasteiger partial charge in [-0.15, -0.1) is 29.4 Å². The van der Waals surface area contributed by atoms with Crippen molar-refractivity contribution in [1.82, 2.24) is 30.1 Å². The number of rotatable bonds is 3. The maximum Gasteiger partial charge on any atom is 0.138 e. The molecule has 2 aromatic carbocycles. The van der Waals surface area contributed by atoms with Crippen LogP contribution in [0.5, 0.6) is 0 Å². The summed E-state index contributed by atoms with van der Waals surface area (Å²) in [5, 5.41) is 7.29. The van der Waals surface area contributed by atoms with Crippen LogP contribution in [-0.4, -0.2) is 30.1 Å². The molecule has 0 aliphatic heterocycles. The van der Waals surface area contributed by atoms with E-state index in [2.05, 4.69) is 42.3 Å². The Morgan fingerprint density at radius 1 is 0.512 bits per heavy atom. The van der Waals surface area contributed by atoms with E-state index < -0.39 is 23.3 Å². The van der Waals surface area contributed by atoms with Crippen LogP contribution in [0.15, 0.2) is 110 Å². The second kappa shape index (κ2) is 15.8. The van der Waals surface area contributed by atoms with Crippen molar-refractivity contribution in [3.8, 4) is 33.9 Å². The van der Waals surface area contributed by atoms with Crippen LogP contribution in [0, 0.1) is 35.4 Å². The van der Waals surface area contributed by atoms with Gasteiger partial charge in [-0.05, 0) is 35.7 Å². The Balaban J connectivity index is 0.000000168.